The van der Waals surface area contributed by atoms with Crippen LogP contribution in [0.2, 0.25) is 0 Å². The summed E-state index contributed by atoms with van der Waals surface area (Å²) in [7, 11) is 1.93. The normalized spacial score (nSPS) is 16.0. The van der Waals surface area contributed by atoms with E-state index in [0.717, 1.165) is 17.7 Å². The average molecular weight is 293 g/mol. The van der Waals surface area contributed by atoms with Crippen molar-refractivity contribution in [3.8, 4) is 0 Å². The van der Waals surface area contributed by atoms with Gasteiger partial charge < -0.3 is 10.4 Å². The van der Waals surface area contributed by atoms with Crippen molar-refractivity contribution in [2.45, 2.75) is 44.9 Å². The lowest BCUT2D eigenvalue weighted by Gasteiger charge is -2.23. The molecule has 0 aliphatic rings. The maximum atomic E-state index is 10.2. The van der Waals surface area contributed by atoms with Crippen LogP contribution in [0.1, 0.15) is 49.3 Å². The molecule has 2 aromatic heterocycles. The van der Waals surface area contributed by atoms with Crippen molar-refractivity contribution < 1.29 is 5.11 Å². The maximum absolute atomic E-state index is 10.2. The molecule has 0 aliphatic heterocycles. The highest BCUT2D eigenvalue weighted by Crippen LogP contribution is 2.24. The van der Waals surface area contributed by atoms with Gasteiger partial charge in [-0.1, -0.05) is 13.0 Å². The van der Waals surface area contributed by atoms with Crippen molar-refractivity contribution in [2.24, 2.45) is 7.05 Å². The fourth-order valence-electron chi connectivity index (χ4n) is 2.41. The minimum atomic E-state index is -0.385. The van der Waals surface area contributed by atoms with Crippen molar-refractivity contribution in [2.75, 3.05) is 0 Å². The van der Waals surface area contributed by atoms with E-state index in [1.807, 2.05) is 41.6 Å². The van der Waals surface area contributed by atoms with Gasteiger partial charge in [0.05, 0.1) is 12.3 Å². The van der Waals surface area contributed by atoms with Gasteiger partial charge in [0.15, 0.2) is 0 Å². The van der Waals surface area contributed by atoms with Crippen molar-refractivity contribution in [3.63, 3.8) is 0 Å². The predicted molar refractivity (Wildman–Crippen MR) is 82.7 cm³/mol. The lowest BCUT2D eigenvalue weighted by Crippen LogP contribution is -2.31. The third kappa shape index (κ3) is 3.91. The molecule has 0 fully saturated rings. The fourth-order valence-corrected chi connectivity index (χ4v) is 3.14. The molecule has 0 aromatic carbocycles. The Kier molecular flexibility index (Phi) is 5.34. The number of nitrogens with zero attached hydrogens (tertiary/aromatic N) is 2. The lowest BCUT2D eigenvalue weighted by molar-refractivity contribution is 0.154. The Morgan fingerprint density at radius 3 is 2.85 bits per heavy atom. The summed E-state index contributed by atoms with van der Waals surface area (Å²) in [5.41, 5.74) is 1.20. The molecule has 3 atom stereocenters. The van der Waals surface area contributed by atoms with E-state index in [1.165, 1.54) is 5.56 Å². The standard InChI is InChI=1S/C15H23N3OS/c1-4-13(12-9-16-18(3)10-12)17-11(2)8-14(19)15-6-5-7-20-15/h5-7,9-11,13-14,17,19H,4,8H2,1-3H3. The maximum Gasteiger partial charge on any atom is 0.0896 e. The third-order valence-electron chi connectivity index (χ3n) is 3.47. The summed E-state index contributed by atoms with van der Waals surface area (Å²) in [6.07, 6.45) is 5.29. The molecule has 0 spiro atoms. The summed E-state index contributed by atoms with van der Waals surface area (Å²) >= 11 is 1.61. The summed E-state index contributed by atoms with van der Waals surface area (Å²) < 4.78 is 1.82. The molecule has 4 nitrogen and oxygen atoms in total. The molecule has 3 unspecified atom stereocenters. The molecular formula is C15H23N3OS. The number of aliphatic hydroxyl groups excluding tert-OH is 1. The van der Waals surface area contributed by atoms with E-state index in [2.05, 4.69) is 24.3 Å². The monoisotopic (exact) mass is 293 g/mol. The second kappa shape index (κ2) is 7.02. The molecule has 0 saturated heterocycles. The SMILES string of the molecule is CCC(NC(C)CC(O)c1cccs1)c1cnn(C)c1. The van der Waals surface area contributed by atoms with E-state index in [1.54, 1.807) is 11.3 Å². The number of aliphatic hydroxyl groups is 1. The molecule has 20 heavy (non-hydrogen) atoms. The van der Waals surface area contributed by atoms with Crippen LogP contribution in [0.3, 0.4) is 0 Å². The predicted octanol–water partition coefficient (Wildman–Crippen LogP) is 3.03. The fraction of sp³-hybridized carbons (Fsp3) is 0.533. The zero-order valence-electron chi connectivity index (χ0n) is 12.3. The molecule has 5 heteroatoms. The first-order valence-electron chi connectivity index (χ1n) is 7.06. The zero-order chi connectivity index (χ0) is 14.5. The van der Waals surface area contributed by atoms with Gasteiger partial charge in [0.25, 0.3) is 0 Å². The molecule has 0 amide bonds. The van der Waals surface area contributed by atoms with Gasteiger partial charge in [0.2, 0.25) is 0 Å². The second-order valence-electron chi connectivity index (χ2n) is 5.24. The Hall–Kier alpha value is -1.17. The van der Waals surface area contributed by atoms with Crippen LogP contribution in [0.25, 0.3) is 0 Å². The van der Waals surface area contributed by atoms with Crippen LogP contribution in [-0.4, -0.2) is 20.9 Å². The minimum absolute atomic E-state index is 0.247. The summed E-state index contributed by atoms with van der Waals surface area (Å²) in [5, 5.41) is 20.0. The van der Waals surface area contributed by atoms with Gasteiger partial charge in [-0.25, -0.2) is 0 Å². The molecule has 2 heterocycles. The highest BCUT2D eigenvalue weighted by atomic mass is 32.1. The Labute approximate surface area is 124 Å². The van der Waals surface area contributed by atoms with E-state index < -0.39 is 0 Å². The first-order valence-corrected chi connectivity index (χ1v) is 7.94. The largest absolute Gasteiger partial charge is 0.388 e. The number of aromatic nitrogens is 2. The topological polar surface area (TPSA) is 50.1 Å². The summed E-state index contributed by atoms with van der Waals surface area (Å²) in [6.45, 7) is 4.28. The van der Waals surface area contributed by atoms with E-state index >= 15 is 0 Å². The quantitative estimate of drug-likeness (QED) is 0.825. The van der Waals surface area contributed by atoms with E-state index in [-0.39, 0.29) is 18.2 Å². The van der Waals surface area contributed by atoms with Crippen LogP contribution < -0.4 is 5.32 Å². The second-order valence-corrected chi connectivity index (χ2v) is 6.22. The Morgan fingerprint density at radius 1 is 1.50 bits per heavy atom. The van der Waals surface area contributed by atoms with Gasteiger partial charge in [-0.15, -0.1) is 11.3 Å². The molecular weight excluding hydrogens is 270 g/mol. The van der Waals surface area contributed by atoms with Crippen LogP contribution in [0.4, 0.5) is 0 Å². The molecule has 0 bridgehead atoms. The molecule has 0 saturated carbocycles. The number of nitrogens with one attached hydrogen (secondary N) is 1. The number of rotatable bonds is 7. The van der Waals surface area contributed by atoms with Crippen LogP contribution in [0, 0.1) is 0 Å². The van der Waals surface area contributed by atoms with Crippen molar-refractivity contribution in [1.82, 2.24) is 15.1 Å². The highest BCUT2D eigenvalue weighted by molar-refractivity contribution is 7.10. The van der Waals surface area contributed by atoms with Gasteiger partial charge >= 0.3 is 0 Å². The van der Waals surface area contributed by atoms with E-state index in [9.17, 15) is 5.11 Å². The molecule has 0 aliphatic carbocycles. The van der Waals surface area contributed by atoms with Gasteiger partial charge in [0, 0.05) is 35.8 Å². The minimum Gasteiger partial charge on any atom is -0.388 e. The molecule has 0 radical (unpaired) electrons. The third-order valence-corrected chi connectivity index (χ3v) is 4.44. The molecule has 2 rings (SSSR count). The summed E-state index contributed by atoms with van der Waals surface area (Å²) in [4.78, 5) is 1.04. The molecule has 110 valence electrons. The van der Waals surface area contributed by atoms with Crippen molar-refractivity contribution >= 4 is 11.3 Å². The van der Waals surface area contributed by atoms with Crippen LogP contribution in [0.5, 0.6) is 0 Å². The Morgan fingerprint density at radius 2 is 2.30 bits per heavy atom. The zero-order valence-corrected chi connectivity index (χ0v) is 13.1. The highest BCUT2D eigenvalue weighted by Gasteiger charge is 2.17. The van der Waals surface area contributed by atoms with Crippen molar-refractivity contribution in [1.29, 1.82) is 0 Å². The summed E-state index contributed by atoms with van der Waals surface area (Å²) in [6, 6.07) is 4.50. The van der Waals surface area contributed by atoms with Crippen LogP contribution in [-0.2, 0) is 7.05 Å². The van der Waals surface area contributed by atoms with Crippen LogP contribution >= 0.6 is 11.3 Å². The van der Waals surface area contributed by atoms with Gasteiger partial charge in [-0.05, 0) is 31.2 Å². The number of aryl methyl sites for hydroxylation is 1. The van der Waals surface area contributed by atoms with E-state index in [0.29, 0.717) is 0 Å². The Bertz CT molecular complexity index is 509. The molecule has 2 N–H and O–H groups in total. The first-order chi connectivity index (χ1) is 9.60. The Balaban J connectivity index is 1.91. The first kappa shape index (κ1) is 15.2. The van der Waals surface area contributed by atoms with E-state index in [4.69, 9.17) is 0 Å². The number of hydrogen-bond donors (Lipinski definition) is 2. The molecule has 2 aromatic rings. The van der Waals surface area contributed by atoms with Gasteiger partial charge in [-0.2, -0.15) is 5.10 Å². The van der Waals surface area contributed by atoms with Gasteiger partial charge in [0.1, 0.15) is 0 Å². The number of hydrogen-bond acceptors (Lipinski definition) is 4. The number of thiophene rings is 1. The summed E-state index contributed by atoms with van der Waals surface area (Å²) in [5.74, 6) is 0. The lowest BCUT2D eigenvalue weighted by atomic mass is 10.0. The van der Waals surface area contributed by atoms with Crippen molar-refractivity contribution in [3.05, 3.63) is 40.3 Å². The average Bonchev–Trinajstić information content (AvgIpc) is 3.06. The van der Waals surface area contributed by atoms with Crippen LogP contribution in [0.15, 0.2) is 29.9 Å². The smallest absolute Gasteiger partial charge is 0.0896 e. The van der Waals surface area contributed by atoms with Gasteiger partial charge in [-0.3, -0.25) is 4.68 Å².